The van der Waals surface area contributed by atoms with Crippen LogP contribution in [0.5, 0.6) is 0 Å². The van der Waals surface area contributed by atoms with E-state index in [1.54, 1.807) is 5.57 Å². The van der Waals surface area contributed by atoms with Crippen molar-refractivity contribution < 1.29 is 0 Å². The van der Waals surface area contributed by atoms with Crippen LogP contribution in [-0.4, -0.2) is 0 Å². The van der Waals surface area contributed by atoms with E-state index in [-0.39, 0.29) is 0 Å². The summed E-state index contributed by atoms with van der Waals surface area (Å²) in [6, 6.07) is 6.52. The van der Waals surface area contributed by atoms with Gasteiger partial charge < -0.3 is 0 Å². The number of halogens is 1. The molecule has 1 aliphatic carbocycles. The van der Waals surface area contributed by atoms with Crippen LogP contribution in [0.3, 0.4) is 0 Å². The molecular formula is C11H11Br. The van der Waals surface area contributed by atoms with Gasteiger partial charge in [-0.25, -0.2) is 0 Å². The van der Waals surface area contributed by atoms with Gasteiger partial charge in [0.1, 0.15) is 0 Å². The molecule has 0 nitrogen and oxygen atoms in total. The Morgan fingerprint density at radius 1 is 1.42 bits per heavy atom. The SMILES string of the molecule is CCC1=Cc2cc(Br)ccc2C1. The van der Waals surface area contributed by atoms with Crippen molar-refractivity contribution in [2.24, 2.45) is 0 Å². The first kappa shape index (κ1) is 8.06. The fourth-order valence-corrected chi connectivity index (χ4v) is 1.98. The van der Waals surface area contributed by atoms with E-state index in [1.165, 1.54) is 22.0 Å². The van der Waals surface area contributed by atoms with E-state index < -0.39 is 0 Å². The molecule has 0 saturated carbocycles. The molecule has 1 aliphatic rings. The molecule has 0 atom stereocenters. The summed E-state index contributed by atoms with van der Waals surface area (Å²) < 4.78 is 1.18. The summed E-state index contributed by atoms with van der Waals surface area (Å²) in [6.45, 7) is 2.22. The number of allylic oxidation sites excluding steroid dienone is 1. The van der Waals surface area contributed by atoms with Crippen LogP contribution in [-0.2, 0) is 6.42 Å². The summed E-state index contributed by atoms with van der Waals surface area (Å²) in [6.07, 6.45) is 4.63. The highest BCUT2D eigenvalue weighted by molar-refractivity contribution is 9.10. The maximum absolute atomic E-state index is 3.48. The van der Waals surface area contributed by atoms with Crippen molar-refractivity contribution in [2.75, 3.05) is 0 Å². The molecule has 0 unspecified atom stereocenters. The van der Waals surface area contributed by atoms with E-state index >= 15 is 0 Å². The van der Waals surface area contributed by atoms with Gasteiger partial charge >= 0.3 is 0 Å². The first-order chi connectivity index (χ1) is 5.79. The van der Waals surface area contributed by atoms with Gasteiger partial charge in [0, 0.05) is 4.47 Å². The number of fused-ring (bicyclic) bond motifs is 1. The van der Waals surface area contributed by atoms with Crippen molar-refractivity contribution >= 4 is 22.0 Å². The van der Waals surface area contributed by atoms with E-state index in [0.29, 0.717) is 0 Å². The van der Waals surface area contributed by atoms with Crippen LogP contribution in [0.4, 0.5) is 0 Å². The molecular weight excluding hydrogens is 212 g/mol. The minimum absolute atomic E-state index is 1.15. The topological polar surface area (TPSA) is 0 Å². The van der Waals surface area contributed by atoms with Gasteiger partial charge in [-0.3, -0.25) is 0 Å². The second kappa shape index (κ2) is 3.06. The van der Waals surface area contributed by atoms with Gasteiger partial charge in [-0.2, -0.15) is 0 Å². The van der Waals surface area contributed by atoms with Gasteiger partial charge in [0.05, 0.1) is 0 Å². The van der Waals surface area contributed by atoms with Gasteiger partial charge in [0.2, 0.25) is 0 Å². The first-order valence-electron chi connectivity index (χ1n) is 4.27. The summed E-state index contributed by atoms with van der Waals surface area (Å²) in [5, 5.41) is 0. The third-order valence-corrected chi connectivity index (χ3v) is 2.83. The van der Waals surface area contributed by atoms with Crippen molar-refractivity contribution in [3.63, 3.8) is 0 Å². The van der Waals surface area contributed by atoms with Gasteiger partial charge in [0.25, 0.3) is 0 Å². The first-order valence-corrected chi connectivity index (χ1v) is 5.07. The van der Waals surface area contributed by atoms with Crippen LogP contribution in [0, 0.1) is 0 Å². The molecule has 0 aliphatic heterocycles. The average molecular weight is 223 g/mol. The largest absolute Gasteiger partial charge is 0.0655 e. The zero-order valence-electron chi connectivity index (χ0n) is 7.10. The molecule has 0 amide bonds. The van der Waals surface area contributed by atoms with E-state index in [9.17, 15) is 0 Å². The summed E-state index contributed by atoms with van der Waals surface area (Å²) in [5.41, 5.74) is 4.40. The fourth-order valence-electron chi connectivity index (χ4n) is 1.60. The average Bonchev–Trinajstić information content (AvgIpc) is 2.46. The van der Waals surface area contributed by atoms with Crippen molar-refractivity contribution in [1.82, 2.24) is 0 Å². The summed E-state index contributed by atoms with van der Waals surface area (Å²) >= 11 is 3.48. The zero-order valence-corrected chi connectivity index (χ0v) is 8.69. The van der Waals surface area contributed by atoms with Crippen LogP contribution in [0.2, 0.25) is 0 Å². The lowest BCUT2D eigenvalue weighted by Crippen LogP contribution is -1.82. The smallest absolute Gasteiger partial charge is 0.0181 e. The predicted molar refractivity (Wildman–Crippen MR) is 56.1 cm³/mol. The monoisotopic (exact) mass is 222 g/mol. The van der Waals surface area contributed by atoms with Gasteiger partial charge in [-0.15, -0.1) is 0 Å². The Balaban J connectivity index is 2.42. The minimum atomic E-state index is 1.15. The highest BCUT2D eigenvalue weighted by Crippen LogP contribution is 2.28. The van der Waals surface area contributed by atoms with Crippen molar-refractivity contribution in [2.45, 2.75) is 19.8 Å². The standard InChI is InChI=1S/C11H11Br/c1-2-8-5-9-3-4-11(12)7-10(9)6-8/h3-4,6-7H,2,5H2,1H3. The third-order valence-electron chi connectivity index (χ3n) is 2.34. The molecule has 0 saturated heterocycles. The Kier molecular flexibility index (Phi) is 2.05. The van der Waals surface area contributed by atoms with Crippen LogP contribution in [0.1, 0.15) is 24.5 Å². The van der Waals surface area contributed by atoms with Gasteiger partial charge in [0.15, 0.2) is 0 Å². The van der Waals surface area contributed by atoms with Crippen LogP contribution < -0.4 is 0 Å². The predicted octanol–water partition coefficient (Wildman–Crippen LogP) is 3.80. The quantitative estimate of drug-likeness (QED) is 0.679. The molecule has 0 bridgehead atoms. The number of rotatable bonds is 1. The highest BCUT2D eigenvalue weighted by Gasteiger charge is 2.10. The third kappa shape index (κ3) is 1.34. The number of benzene rings is 1. The zero-order chi connectivity index (χ0) is 8.55. The second-order valence-electron chi connectivity index (χ2n) is 3.18. The van der Waals surface area contributed by atoms with E-state index in [2.05, 4.69) is 47.1 Å². The minimum Gasteiger partial charge on any atom is -0.0655 e. The number of hydrogen-bond acceptors (Lipinski definition) is 0. The molecule has 1 heteroatoms. The molecule has 0 N–H and O–H groups in total. The Bertz CT molecular complexity index is 337. The molecule has 2 rings (SSSR count). The summed E-state index contributed by atoms with van der Waals surface area (Å²) in [7, 11) is 0. The van der Waals surface area contributed by atoms with Gasteiger partial charge in [-0.1, -0.05) is 40.6 Å². The van der Waals surface area contributed by atoms with Crippen LogP contribution >= 0.6 is 15.9 Å². The van der Waals surface area contributed by atoms with Crippen LogP contribution in [0.25, 0.3) is 6.08 Å². The Labute approximate surface area is 81.4 Å². The van der Waals surface area contributed by atoms with E-state index in [4.69, 9.17) is 0 Å². The number of hydrogen-bond donors (Lipinski definition) is 0. The van der Waals surface area contributed by atoms with Crippen LogP contribution in [0.15, 0.2) is 28.2 Å². The van der Waals surface area contributed by atoms with E-state index in [1.807, 2.05) is 0 Å². The summed E-state index contributed by atoms with van der Waals surface area (Å²) in [5.74, 6) is 0. The van der Waals surface area contributed by atoms with Crippen molar-refractivity contribution in [3.05, 3.63) is 39.4 Å². The molecule has 0 fully saturated rings. The molecule has 0 aromatic heterocycles. The van der Waals surface area contributed by atoms with Crippen molar-refractivity contribution in [3.8, 4) is 0 Å². The lowest BCUT2D eigenvalue weighted by atomic mass is 10.1. The van der Waals surface area contributed by atoms with Gasteiger partial charge in [-0.05, 0) is 36.1 Å². The summed E-state index contributed by atoms with van der Waals surface area (Å²) in [4.78, 5) is 0. The molecule has 62 valence electrons. The molecule has 0 heterocycles. The van der Waals surface area contributed by atoms with E-state index in [0.717, 1.165) is 6.42 Å². The molecule has 12 heavy (non-hydrogen) atoms. The lowest BCUT2D eigenvalue weighted by molar-refractivity contribution is 1.04. The second-order valence-corrected chi connectivity index (χ2v) is 4.09. The highest BCUT2D eigenvalue weighted by atomic mass is 79.9. The molecule has 1 aromatic carbocycles. The lowest BCUT2D eigenvalue weighted by Gasteiger charge is -1.97. The maximum Gasteiger partial charge on any atom is 0.0181 e. The molecule has 0 spiro atoms. The Hall–Kier alpha value is -0.560. The fraction of sp³-hybridized carbons (Fsp3) is 0.273. The normalized spacial score (nSPS) is 14.3. The Morgan fingerprint density at radius 3 is 3.00 bits per heavy atom. The maximum atomic E-state index is 3.48. The Morgan fingerprint density at radius 2 is 2.25 bits per heavy atom. The molecule has 0 radical (unpaired) electrons. The van der Waals surface area contributed by atoms with Crippen molar-refractivity contribution in [1.29, 1.82) is 0 Å². The molecule has 1 aromatic rings.